The van der Waals surface area contributed by atoms with Gasteiger partial charge in [0.1, 0.15) is 12.3 Å². The van der Waals surface area contributed by atoms with E-state index in [0.717, 1.165) is 22.2 Å². The standard InChI is InChI=1S/C17H20N2O2S2/c1-3-4-9-23-13-8-6-5-7-11(13)15-14-12(10-21-16(14)20)18-17(19-15)22-2/h5-8,10,15,20H,3-4,9H2,1-2H3,(H,18,19). The fourth-order valence-corrected chi connectivity index (χ4v) is 4.14. The van der Waals surface area contributed by atoms with Crippen LogP contribution in [0.5, 0.6) is 5.95 Å². The molecule has 0 radical (unpaired) electrons. The van der Waals surface area contributed by atoms with E-state index in [9.17, 15) is 5.11 Å². The highest BCUT2D eigenvalue weighted by Gasteiger charge is 2.30. The predicted molar refractivity (Wildman–Crippen MR) is 98.9 cm³/mol. The lowest BCUT2D eigenvalue weighted by Crippen LogP contribution is -2.17. The molecule has 3 rings (SSSR count). The van der Waals surface area contributed by atoms with Crippen molar-refractivity contribution in [1.82, 2.24) is 0 Å². The van der Waals surface area contributed by atoms with Gasteiger partial charge in [0, 0.05) is 4.90 Å². The minimum absolute atomic E-state index is 0.0604. The summed E-state index contributed by atoms with van der Waals surface area (Å²) in [4.78, 5) is 5.98. The second-order valence-corrected chi connectivity index (χ2v) is 7.21. The Morgan fingerprint density at radius 2 is 2.17 bits per heavy atom. The molecule has 1 aromatic heterocycles. The van der Waals surface area contributed by atoms with Crippen molar-refractivity contribution < 1.29 is 9.52 Å². The number of hydrogen-bond donors (Lipinski definition) is 2. The van der Waals surface area contributed by atoms with Crippen LogP contribution in [0.1, 0.15) is 36.9 Å². The van der Waals surface area contributed by atoms with Gasteiger partial charge in [0.2, 0.25) is 0 Å². The first-order valence-electron chi connectivity index (χ1n) is 7.65. The molecule has 2 heterocycles. The molecule has 2 N–H and O–H groups in total. The monoisotopic (exact) mass is 348 g/mol. The molecule has 0 bridgehead atoms. The number of fused-ring (bicyclic) bond motifs is 1. The molecule has 0 spiro atoms. The number of aliphatic imine (C=N–C) groups is 1. The molecule has 1 aliphatic rings. The summed E-state index contributed by atoms with van der Waals surface area (Å²) in [6.07, 6.45) is 5.90. The van der Waals surface area contributed by atoms with Gasteiger partial charge in [-0.2, -0.15) is 0 Å². The molecule has 1 aliphatic heterocycles. The number of unbranched alkanes of at least 4 members (excludes halogenated alkanes) is 1. The summed E-state index contributed by atoms with van der Waals surface area (Å²) in [5.74, 6) is 1.02. The molecular weight excluding hydrogens is 328 g/mol. The SMILES string of the molecule is CCCCSc1ccccc1C1N=C(SC)Nc2coc(O)c21. The van der Waals surface area contributed by atoms with E-state index in [1.54, 1.807) is 18.0 Å². The van der Waals surface area contributed by atoms with E-state index in [1.807, 2.05) is 30.2 Å². The van der Waals surface area contributed by atoms with Gasteiger partial charge in [-0.25, -0.2) is 4.99 Å². The highest BCUT2D eigenvalue weighted by Crippen LogP contribution is 2.45. The average Bonchev–Trinajstić information content (AvgIpc) is 2.96. The Bertz CT molecular complexity index is 712. The molecule has 2 aromatic rings. The van der Waals surface area contributed by atoms with E-state index >= 15 is 0 Å². The largest absolute Gasteiger partial charge is 0.480 e. The van der Waals surface area contributed by atoms with Gasteiger partial charge in [0.15, 0.2) is 5.17 Å². The lowest BCUT2D eigenvalue weighted by atomic mass is 9.99. The van der Waals surface area contributed by atoms with Crippen LogP contribution >= 0.6 is 23.5 Å². The first-order chi connectivity index (χ1) is 11.2. The first-order valence-corrected chi connectivity index (χ1v) is 9.86. The van der Waals surface area contributed by atoms with Crippen LogP contribution < -0.4 is 5.32 Å². The van der Waals surface area contributed by atoms with Crippen LogP contribution in [-0.4, -0.2) is 22.3 Å². The lowest BCUT2D eigenvalue weighted by Gasteiger charge is -2.23. The lowest BCUT2D eigenvalue weighted by molar-refractivity contribution is 0.326. The maximum absolute atomic E-state index is 10.1. The molecule has 0 saturated heterocycles. The molecule has 122 valence electrons. The summed E-state index contributed by atoms with van der Waals surface area (Å²) < 4.78 is 5.20. The zero-order valence-electron chi connectivity index (χ0n) is 13.2. The van der Waals surface area contributed by atoms with Gasteiger partial charge in [-0.15, -0.1) is 11.8 Å². The third-order valence-corrected chi connectivity index (χ3v) is 5.50. The molecule has 0 aliphatic carbocycles. The quantitative estimate of drug-likeness (QED) is 0.581. The third kappa shape index (κ3) is 3.38. The van der Waals surface area contributed by atoms with E-state index in [1.165, 1.54) is 17.7 Å². The minimum atomic E-state index is -0.238. The third-order valence-electron chi connectivity index (χ3n) is 3.73. The van der Waals surface area contributed by atoms with Crippen molar-refractivity contribution in [2.24, 2.45) is 4.99 Å². The summed E-state index contributed by atoms with van der Waals surface area (Å²) in [5, 5.41) is 14.1. The van der Waals surface area contributed by atoms with E-state index in [0.29, 0.717) is 5.56 Å². The van der Waals surface area contributed by atoms with Gasteiger partial charge in [-0.3, -0.25) is 0 Å². The normalized spacial score (nSPS) is 16.6. The van der Waals surface area contributed by atoms with Crippen LogP contribution in [0.25, 0.3) is 0 Å². The second kappa shape index (κ2) is 7.36. The van der Waals surface area contributed by atoms with Crippen molar-refractivity contribution in [3.05, 3.63) is 41.7 Å². The van der Waals surface area contributed by atoms with E-state index in [-0.39, 0.29) is 12.0 Å². The number of thioether (sulfide) groups is 2. The summed E-state index contributed by atoms with van der Waals surface area (Å²) in [6, 6.07) is 8.04. The first kappa shape index (κ1) is 16.3. The Morgan fingerprint density at radius 1 is 1.35 bits per heavy atom. The van der Waals surface area contributed by atoms with E-state index in [4.69, 9.17) is 9.41 Å². The van der Waals surface area contributed by atoms with Crippen molar-refractivity contribution in [3.63, 3.8) is 0 Å². The molecule has 0 fully saturated rings. The van der Waals surface area contributed by atoms with Crippen LogP contribution in [-0.2, 0) is 0 Å². The van der Waals surface area contributed by atoms with Gasteiger partial charge in [-0.05, 0) is 30.1 Å². The Labute approximate surface area is 144 Å². The van der Waals surface area contributed by atoms with Gasteiger partial charge < -0.3 is 14.8 Å². The number of anilines is 1. The van der Waals surface area contributed by atoms with Crippen LogP contribution in [0.2, 0.25) is 0 Å². The van der Waals surface area contributed by atoms with Crippen LogP contribution in [0.4, 0.5) is 5.69 Å². The van der Waals surface area contributed by atoms with Crippen LogP contribution in [0.15, 0.2) is 44.8 Å². The molecular formula is C17H20N2O2S2. The highest BCUT2D eigenvalue weighted by atomic mass is 32.2. The van der Waals surface area contributed by atoms with Gasteiger partial charge in [-0.1, -0.05) is 43.3 Å². The Morgan fingerprint density at radius 3 is 2.96 bits per heavy atom. The van der Waals surface area contributed by atoms with Crippen molar-refractivity contribution >= 4 is 34.4 Å². The number of furan rings is 1. The fraction of sp³-hybridized carbons (Fsp3) is 0.353. The topological polar surface area (TPSA) is 57.8 Å². The Kier molecular flexibility index (Phi) is 5.23. The van der Waals surface area contributed by atoms with Gasteiger partial charge >= 0.3 is 0 Å². The van der Waals surface area contributed by atoms with Crippen LogP contribution in [0, 0.1) is 0 Å². The van der Waals surface area contributed by atoms with E-state index in [2.05, 4.69) is 24.4 Å². The molecule has 1 aromatic carbocycles. The summed E-state index contributed by atoms with van der Waals surface area (Å²) >= 11 is 3.40. The molecule has 1 unspecified atom stereocenters. The Balaban J connectivity index is 2.00. The zero-order valence-corrected chi connectivity index (χ0v) is 14.8. The highest BCUT2D eigenvalue weighted by molar-refractivity contribution is 8.13. The molecule has 1 atom stereocenters. The fourth-order valence-electron chi connectivity index (χ4n) is 2.54. The van der Waals surface area contributed by atoms with E-state index < -0.39 is 0 Å². The van der Waals surface area contributed by atoms with Crippen molar-refractivity contribution in [2.75, 3.05) is 17.3 Å². The van der Waals surface area contributed by atoms with Gasteiger partial charge in [0.25, 0.3) is 5.95 Å². The zero-order chi connectivity index (χ0) is 16.2. The molecule has 0 amide bonds. The molecule has 0 saturated carbocycles. The second-order valence-electron chi connectivity index (χ2n) is 5.27. The number of nitrogens with one attached hydrogen (secondary N) is 1. The number of benzene rings is 1. The van der Waals surface area contributed by atoms with Crippen molar-refractivity contribution in [1.29, 1.82) is 0 Å². The number of aromatic hydroxyl groups is 1. The van der Waals surface area contributed by atoms with Gasteiger partial charge in [0.05, 0.1) is 11.3 Å². The smallest absolute Gasteiger partial charge is 0.289 e. The maximum atomic E-state index is 10.1. The maximum Gasteiger partial charge on any atom is 0.289 e. The van der Waals surface area contributed by atoms with Crippen molar-refractivity contribution in [3.8, 4) is 5.95 Å². The van der Waals surface area contributed by atoms with Crippen molar-refractivity contribution in [2.45, 2.75) is 30.7 Å². The summed E-state index contributed by atoms with van der Waals surface area (Å²) in [7, 11) is 0. The number of hydrogen-bond acceptors (Lipinski definition) is 6. The van der Waals surface area contributed by atoms with Crippen LogP contribution in [0.3, 0.4) is 0 Å². The average molecular weight is 348 g/mol. The summed E-state index contributed by atoms with van der Waals surface area (Å²) in [6.45, 7) is 2.20. The molecule has 4 nitrogen and oxygen atoms in total. The Hall–Kier alpha value is -1.53. The number of rotatable bonds is 5. The summed E-state index contributed by atoms with van der Waals surface area (Å²) in [5.41, 5.74) is 2.62. The molecule has 6 heteroatoms. The molecule has 23 heavy (non-hydrogen) atoms. The minimum Gasteiger partial charge on any atom is -0.480 e. The number of nitrogens with zero attached hydrogens (tertiary/aromatic N) is 1. The predicted octanol–water partition coefficient (Wildman–Crippen LogP) is 5.11. The number of amidine groups is 1.